The van der Waals surface area contributed by atoms with E-state index in [4.69, 9.17) is 4.98 Å². The van der Waals surface area contributed by atoms with Crippen LogP contribution in [0.1, 0.15) is 100 Å². The van der Waals surface area contributed by atoms with Crippen molar-refractivity contribution in [2.24, 2.45) is 11.8 Å². The highest BCUT2D eigenvalue weighted by Gasteiger charge is 2.43. The summed E-state index contributed by atoms with van der Waals surface area (Å²) in [5, 5.41) is 0. The Kier molecular flexibility index (Phi) is 3.38. The van der Waals surface area contributed by atoms with Crippen molar-refractivity contribution in [3.63, 3.8) is 0 Å². The number of rotatable bonds is 1. The summed E-state index contributed by atoms with van der Waals surface area (Å²) < 4.78 is 0. The van der Waals surface area contributed by atoms with Crippen LogP contribution in [-0.2, 0) is 10.8 Å². The van der Waals surface area contributed by atoms with Crippen molar-refractivity contribution < 1.29 is 0 Å². The highest BCUT2D eigenvalue weighted by molar-refractivity contribution is 5.65. The number of fused-ring (bicyclic) bond motifs is 1. The Bertz CT molecular complexity index is 952. The minimum atomic E-state index is 0.248. The van der Waals surface area contributed by atoms with Crippen molar-refractivity contribution in [2.75, 3.05) is 0 Å². The normalized spacial score (nSPS) is 33.4. The maximum absolute atomic E-state index is 5.01. The monoisotopic (exact) mass is 371 g/mol. The van der Waals surface area contributed by atoms with Gasteiger partial charge in [-0.2, -0.15) is 0 Å². The molecular weight excluding hydrogens is 338 g/mol. The lowest BCUT2D eigenvalue weighted by Gasteiger charge is -2.38. The number of hydrogen-bond donors (Lipinski definition) is 0. The fourth-order valence-corrected chi connectivity index (χ4v) is 7.84. The van der Waals surface area contributed by atoms with E-state index in [-0.39, 0.29) is 10.8 Å². The minimum Gasteiger partial charge on any atom is -0.256 e. The van der Waals surface area contributed by atoms with Crippen LogP contribution in [0, 0.1) is 11.8 Å². The molecule has 0 spiro atoms. The van der Waals surface area contributed by atoms with Crippen LogP contribution in [0.15, 0.2) is 30.5 Å². The molecule has 0 amide bonds. The number of benzene rings is 1. The average Bonchev–Trinajstić information content (AvgIpc) is 2.72. The highest BCUT2D eigenvalue weighted by Crippen LogP contribution is 2.56. The van der Waals surface area contributed by atoms with Crippen molar-refractivity contribution >= 4 is 0 Å². The van der Waals surface area contributed by atoms with Crippen LogP contribution in [0.3, 0.4) is 0 Å². The van der Waals surface area contributed by atoms with Crippen LogP contribution in [0.2, 0.25) is 0 Å². The van der Waals surface area contributed by atoms with E-state index in [1.807, 2.05) is 0 Å². The highest BCUT2D eigenvalue weighted by atomic mass is 14.7. The molecule has 7 rings (SSSR count). The molecule has 5 aliphatic rings. The third kappa shape index (κ3) is 2.41. The number of hydrogen-bond acceptors (Lipinski definition) is 1. The van der Waals surface area contributed by atoms with Gasteiger partial charge in [-0.1, -0.05) is 39.8 Å². The largest absolute Gasteiger partial charge is 0.256 e. The van der Waals surface area contributed by atoms with Crippen molar-refractivity contribution in [3.05, 3.63) is 52.7 Å². The fraction of sp³-hybridized carbons (Fsp3) is 0.593. The average molecular weight is 372 g/mol. The van der Waals surface area contributed by atoms with Gasteiger partial charge in [-0.15, -0.1) is 0 Å². The van der Waals surface area contributed by atoms with Gasteiger partial charge in [0.1, 0.15) is 0 Å². The number of aromatic nitrogens is 1. The third-order valence-electron chi connectivity index (χ3n) is 8.64. The van der Waals surface area contributed by atoms with Gasteiger partial charge in [-0.3, -0.25) is 4.98 Å². The van der Waals surface area contributed by atoms with Crippen LogP contribution < -0.4 is 0 Å². The zero-order valence-corrected chi connectivity index (χ0v) is 17.9. The number of pyridine rings is 1. The lowest BCUT2D eigenvalue weighted by atomic mass is 9.67. The molecule has 28 heavy (non-hydrogen) atoms. The zero-order chi connectivity index (χ0) is 19.3. The topological polar surface area (TPSA) is 12.9 Å². The first-order chi connectivity index (χ1) is 13.3. The predicted octanol–water partition coefficient (Wildman–Crippen LogP) is 7.10. The Morgan fingerprint density at radius 1 is 0.750 bits per heavy atom. The first kappa shape index (κ1) is 17.2. The summed E-state index contributed by atoms with van der Waals surface area (Å²) in [6.07, 6.45) is 10.7. The first-order valence-electron chi connectivity index (χ1n) is 11.5. The van der Waals surface area contributed by atoms with E-state index in [0.29, 0.717) is 0 Å². The Morgan fingerprint density at radius 2 is 1.39 bits per heavy atom. The Labute approximate surface area is 170 Å². The second-order valence-corrected chi connectivity index (χ2v) is 11.7. The molecule has 5 aliphatic carbocycles. The van der Waals surface area contributed by atoms with Gasteiger partial charge in [0, 0.05) is 11.8 Å². The van der Waals surface area contributed by atoms with E-state index in [1.54, 1.807) is 11.1 Å². The molecule has 0 N–H and O–H groups in total. The van der Waals surface area contributed by atoms with Gasteiger partial charge in [0.2, 0.25) is 0 Å². The lowest BCUT2D eigenvalue weighted by Crippen LogP contribution is -2.25. The third-order valence-corrected chi connectivity index (χ3v) is 8.64. The summed E-state index contributed by atoms with van der Waals surface area (Å²) >= 11 is 0. The molecule has 2 aromatic rings. The molecule has 0 radical (unpaired) electrons. The molecular formula is C27H33N. The molecule has 1 heterocycles. The molecule has 146 valence electrons. The van der Waals surface area contributed by atoms with Gasteiger partial charge in [0.05, 0.1) is 5.69 Å². The number of nitrogens with zero attached hydrogens (tertiary/aromatic N) is 1. The molecule has 2 atom stereocenters. The molecule has 0 aliphatic heterocycles. The van der Waals surface area contributed by atoms with Gasteiger partial charge in [0.25, 0.3) is 0 Å². The molecule has 1 heteroatoms. The van der Waals surface area contributed by atoms with Crippen LogP contribution in [0.25, 0.3) is 11.3 Å². The molecule has 1 aromatic carbocycles. The first-order valence-corrected chi connectivity index (χ1v) is 11.5. The summed E-state index contributed by atoms with van der Waals surface area (Å²) in [5.74, 6) is 3.52. The summed E-state index contributed by atoms with van der Waals surface area (Å²) in [6, 6.07) is 9.66. The van der Waals surface area contributed by atoms with Crippen molar-refractivity contribution in [1.82, 2.24) is 4.98 Å². The van der Waals surface area contributed by atoms with Crippen LogP contribution in [0.5, 0.6) is 0 Å². The molecule has 2 fully saturated rings. The van der Waals surface area contributed by atoms with Crippen LogP contribution >= 0.6 is 0 Å². The van der Waals surface area contributed by atoms with E-state index in [0.717, 1.165) is 23.7 Å². The van der Waals surface area contributed by atoms with Gasteiger partial charge >= 0.3 is 0 Å². The minimum absolute atomic E-state index is 0.248. The predicted molar refractivity (Wildman–Crippen MR) is 116 cm³/mol. The molecule has 0 saturated heterocycles. The van der Waals surface area contributed by atoms with E-state index < -0.39 is 0 Å². The van der Waals surface area contributed by atoms with E-state index >= 15 is 0 Å². The molecule has 1 aromatic heterocycles. The van der Waals surface area contributed by atoms with Gasteiger partial charge in [-0.05, 0) is 107 Å². The van der Waals surface area contributed by atoms with E-state index in [1.165, 1.54) is 60.9 Å². The lowest BCUT2D eigenvalue weighted by molar-refractivity contribution is 0.166. The maximum atomic E-state index is 5.01. The Balaban J connectivity index is 1.45. The summed E-state index contributed by atoms with van der Waals surface area (Å²) in [4.78, 5) is 5.01. The molecule has 2 saturated carbocycles. The standard InChI is InChI=1S/C27H33N/c1-26(2)15-27(3,4)24-12-18(5-6-23(24)26)25-13-21-19-8-16-7-17(9-19)11-20(10-16)22(21)14-28-25/h5-6,12-14,16-17,19-20H,7-11,15H2,1-4H3. The van der Waals surface area contributed by atoms with Crippen LogP contribution in [0.4, 0.5) is 0 Å². The second kappa shape index (κ2) is 5.49. The smallest absolute Gasteiger partial charge is 0.0705 e. The second-order valence-electron chi connectivity index (χ2n) is 11.7. The van der Waals surface area contributed by atoms with Crippen molar-refractivity contribution in [1.29, 1.82) is 0 Å². The van der Waals surface area contributed by atoms with E-state index in [2.05, 4.69) is 58.2 Å². The van der Waals surface area contributed by atoms with Crippen molar-refractivity contribution in [3.8, 4) is 11.3 Å². The zero-order valence-electron chi connectivity index (χ0n) is 17.9. The molecule has 4 bridgehead atoms. The summed E-state index contributed by atoms with van der Waals surface area (Å²) in [6.45, 7) is 9.60. The van der Waals surface area contributed by atoms with E-state index in [9.17, 15) is 0 Å². The molecule has 1 nitrogen and oxygen atoms in total. The van der Waals surface area contributed by atoms with Gasteiger partial charge in [0.15, 0.2) is 0 Å². The van der Waals surface area contributed by atoms with Gasteiger partial charge in [-0.25, -0.2) is 0 Å². The summed E-state index contributed by atoms with van der Waals surface area (Å²) in [7, 11) is 0. The Hall–Kier alpha value is -1.63. The molecule has 2 unspecified atom stereocenters. The van der Waals surface area contributed by atoms with Gasteiger partial charge < -0.3 is 0 Å². The van der Waals surface area contributed by atoms with Crippen LogP contribution in [-0.4, -0.2) is 4.98 Å². The maximum Gasteiger partial charge on any atom is 0.0705 e. The quantitative estimate of drug-likeness (QED) is 0.521. The Morgan fingerprint density at radius 3 is 2.11 bits per heavy atom. The summed E-state index contributed by atoms with van der Waals surface area (Å²) in [5.41, 5.74) is 9.36. The van der Waals surface area contributed by atoms with Crippen molar-refractivity contribution in [2.45, 2.75) is 88.9 Å². The SMILES string of the molecule is CC1(C)CC(C)(C)c2cc(-c3cc4c(cn3)C3CC5CC(C3)CC4C5)ccc21. The fourth-order valence-electron chi connectivity index (χ4n) is 7.84.